The quantitative estimate of drug-likeness (QED) is 0.750. The van der Waals surface area contributed by atoms with E-state index in [1.807, 2.05) is 19.1 Å². The van der Waals surface area contributed by atoms with E-state index < -0.39 is 13.0 Å². The van der Waals surface area contributed by atoms with Crippen molar-refractivity contribution in [3.05, 3.63) is 64.4 Å². The largest absolute Gasteiger partial charge is 0.354 e. The maximum Gasteiger partial charge on any atom is 0.166 e. The van der Waals surface area contributed by atoms with Gasteiger partial charge in [-0.05, 0) is 55.2 Å². The molecule has 1 aliphatic heterocycles. The van der Waals surface area contributed by atoms with Crippen molar-refractivity contribution >= 4 is 17.2 Å². The number of nitriles is 1. The number of pyridine rings is 2. The predicted molar refractivity (Wildman–Crippen MR) is 107 cm³/mol. The number of anilines is 3. The van der Waals surface area contributed by atoms with Crippen LogP contribution in [0.4, 0.5) is 17.2 Å². The van der Waals surface area contributed by atoms with E-state index >= 15 is 0 Å². The highest BCUT2D eigenvalue weighted by Gasteiger charge is 2.22. The highest BCUT2D eigenvalue weighted by molar-refractivity contribution is 5.63. The summed E-state index contributed by atoms with van der Waals surface area (Å²) in [6.45, 7) is 0.903. The normalized spacial score (nSPS) is 18.7. The Morgan fingerprint density at radius 2 is 2.07 bits per heavy atom. The van der Waals surface area contributed by atoms with Crippen molar-refractivity contribution in [1.29, 1.82) is 5.26 Å². The van der Waals surface area contributed by atoms with E-state index in [0.717, 1.165) is 16.2 Å². The molecular formula is C21H21N7. The van der Waals surface area contributed by atoms with Crippen LogP contribution in [-0.4, -0.2) is 26.7 Å². The van der Waals surface area contributed by atoms with Crippen molar-refractivity contribution in [2.24, 2.45) is 0 Å². The summed E-state index contributed by atoms with van der Waals surface area (Å²) in [7, 11) is 0. The van der Waals surface area contributed by atoms with E-state index in [-0.39, 0.29) is 23.5 Å². The van der Waals surface area contributed by atoms with Gasteiger partial charge in [-0.25, -0.2) is 0 Å². The van der Waals surface area contributed by atoms with Gasteiger partial charge in [-0.3, -0.25) is 9.97 Å². The van der Waals surface area contributed by atoms with Crippen LogP contribution in [0.5, 0.6) is 0 Å². The molecule has 0 bridgehead atoms. The zero-order valence-electron chi connectivity index (χ0n) is 19.8. The number of rotatable bonds is 3. The SMILES string of the molecule is [2H]C1([2H])Cc2ncc(Nc3ccncc3C)cc2C([2H])([2H])N1c1nnc(C#N)c(C)c1C. The van der Waals surface area contributed by atoms with E-state index in [9.17, 15) is 5.26 Å². The molecule has 0 saturated heterocycles. The van der Waals surface area contributed by atoms with E-state index in [1.54, 1.807) is 38.5 Å². The van der Waals surface area contributed by atoms with Crippen molar-refractivity contribution in [2.75, 3.05) is 16.7 Å². The molecule has 7 heteroatoms. The van der Waals surface area contributed by atoms with Gasteiger partial charge in [0.2, 0.25) is 0 Å². The number of hydrogen-bond acceptors (Lipinski definition) is 7. The first kappa shape index (κ1) is 13.6. The van der Waals surface area contributed by atoms with Crippen LogP contribution in [0.3, 0.4) is 0 Å². The summed E-state index contributed by atoms with van der Waals surface area (Å²) in [5.41, 5.74) is 4.06. The molecule has 1 N–H and O–H groups in total. The molecule has 4 rings (SSSR count). The molecule has 3 aromatic heterocycles. The summed E-state index contributed by atoms with van der Waals surface area (Å²) in [6.07, 6.45) is 4.82. The van der Waals surface area contributed by atoms with Crippen LogP contribution >= 0.6 is 0 Å². The molecular weight excluding hydrogens is 350 g/mol. The van der Waals surface area contributed by atoms with Gasteiger partial charge in [0.05, 0.1) is 14.6 Å². The second-order valence-corrected chi connectivity index (χ2v) is 6.55. The molecule has 0 atom stereocenters. The average molecular weight is 375 g/mol. The standard InChI is InChI=1S/C21H21N7/c1-13-10-23-6-4-18(13)25-17-8-16-12-28(7-5-19(16)24-11-17)21-15(3)14(2)20(9-22)26-27-21/h4,6,8,10-11H,5,7,12H2,1-3H3,(H,23,25)/i7D2,12D2. The molecule has 28 heavy (non-hydrogen) atoms. The van der Waals surface area contributed by atoms with Crippen molar-refractivity contribution < 1.29 is 5.48 Å². The fourth-order valence-corrected chi connectivity index (χ4v) is 2.92. The number of nitrogens with one attached hydrogen (secondary N) is 1. The summed E-state index contributed by atoms with van der Waals surface area (Å²) in [4.78, 5) is 9.44. The van der Waals surface area contributed by atoms with Gasteiger partial charge < -0.3 is 10.2 Å². The lowest BCUT2D eigenvalue weighted by Gasteiger charge is -2.30. The molecule has 0 saturated carbocycles. The molecule has 0 radical (unpaired) electrons. The third-order valence-corrected chi connectivity index (χ3v) is 4.72. The molecule has 140 valence electrons. The van der Waals surface area contributed by atoms with Crippen LogP contribution in [-0.2, 0) is 12.9 Å². The highest BCUT2D eigenvalue weighted by atomic mass is 15.3. The Labute approximate surface area is 169 Å². The van der Waals surface area contributed by atoms with Crippen LogP contribution in [0, 0.1) is 32.1 Å². The number of fused-ring (bicyclic) bond motifs is 1. The van der Waals surface area contributed by atoms with Crippen LogP contribution in [0.25, 0.3) is 0 Å². The Kier molecular flexibility index (Phi) is 3.52. The summed E-state index contributed by atoms with van der Waals surface area (Å²) in [5, 5.41) is 20.4. The second kappa shape index (κ2) is 7.24. The Bertz CT molecular complexity index is 1250. The minimum absolute atomic E-state index is 0.0606. The second-order valence-electron chi connectivity index (χ2n) is 6.55. The zero-order chi connectivity index (χ0) is 23.3. The van der Waals surface area contributed by atoms with Crippen molar-refractivity contribution in [3.8, 4) is 6.07 Å². The molecule has 0 aromatic carbocycles. The number of hydrogen-bond donors (Lipinski definition) is 1. The topological polar surface area (TPSA) is 90.6 Å². The van der Waals surface area contributed by atoms with Crippen LogP contribution in [0.2, 0.25) is 0 Å². The lowest BCUT2D eigenvalue weighted by molar-refractivity contribution is 0.692. The third-order valence-electron chi connectivity index (χ3n) is 4.72. The van der Waals surface area contributed by atoms with Gasteiger partial charge in [-0.15, -0.1) is 10.2 Å². The minimum Gasteiger partial charge on any atom is -0.354 e. The Balaban J connectivity index is 1.82. The number of nitrogens with zero attached hydrogens (tertiary/aromatic N) is 6. The van der Waals surface area contributed by atoms with E-state index in [2.05, 4.69) is 25.5 Å². The van der Waals surface area contributed by atoms with E-state index in [1.165, 1.54) is 0 Å². The lowest BCUT2D eigenvalue weighted by atomic mass is 10.0. The zero-order valence-corrected chi connectivity index (χ0v) is 15.8. The molecule has 1 aliphatic rings. The Morgan fingerprint density at radius 3 is 2.86 bits per heavy atom. The molecule has 0 amide bonds. The maximum absolute atomic E-state index is 9.22. The van der Waals surface area contributed by atoms with Gasteiger partial charge in [0.25, 0.3) is 0 Å². The van der Waals surface area contributed by atoms with E-state index in [4.69, 9.17) is 5.48 Å². The number of aryl methyl sites for hydroxylation is 2. The van der Waals surface area contributed by atoms with E-state index in [0.29, 0.717) is 22.5 Å². The number of aromatic nitrogens is 4. The van der Waals surface area contributed by atoms with Crippen molar-refractivity contribution in [2.45, 2.75) is 33.7 Å². The molecule has 7 nitrogen and oxygen atoms in total. The highest BCUT2D eigenvalue weighted by Crippen LogP contribution is 2.28. The summed E-state index contributed by atoms with van der Waals surface area (Å²) in [6, 6.07) is 5.41. The van der Waals surface area contributed by atoms with Gasteiger partial charge in [0.15, 0.2) is 11.5 Å². The maximum atomic E-state index is 9.22. The smallest absolute Gasteiger partial charge is 0.166 e. The van der Waals surface area contributed by atoms with Gasteiger partial charge >= 0.3 is 0 Å². The van der Waals surface area contributed by atoms with Gasteiger partial charge in [-0.1, -0.05) is 0 Å². The molecule has 3 aromatic rings. The molecule has 0 spiro atoms. The van der Waals surface area contributed by atoms with Gasteiger partial charge in [0.1, 0.15) is 6.07 Å². The molecule has 0 unspecified atom stereocenters. The Morgan fingerprint density at radius 1 is 1.21 bits per heavy atom. The fraction of sp³-hybridized carbons (Fsp3) is 0.286. The third kappa shape index (κ3) is 3.25. The van der Waals surface area contributed by atoms with Crippen LogP contribution in [0.1, 0.15) is 39.1 Å². The van der Waals surface area contributed by atoms with Crippen LogP contribution in [0.15, 0.2) is 30.7 Å². The molecule has 4 heterocycles. The first-order valence-corrected chi connectivity index (χ1v) is 8.77. The summed E-state index contributed by atoms with van der Waals surface area (Å²) >= 11 is 0. The summed E-state index contributed by atoms with van der Waals surface area (Å²) in [5.74, 6) is 0.0606. The van der Waals surface area contributed by atoms with Crippen molar-refractivity contribution in [1.82, 2.24) is 20.2 Å². The van der Waals surface area contributed by atoms with Gasteiger partial charge in [0, 0.05) is 45.9 Å². The Hall–Kier alpha value is -3.53. The van der Waals surface area contributed by atoms with Crippen LogP contribution < -0.4 is 10.2 Å². The minimum atomic E-state index is -2.27. The lowest BCUT2D eigenvalue weighted by Crippen LogP contribution is -2.32. The van der Waals surface area contributed by atoms with Gasteiger partial charge in [-0.2, -0.15) is 5.26 Å². The monoisotopic (exact) mass is 375 g/mol. The predicted octanol–water partition coefficient (Wildman–Crippen LogP) is 3.37. The average Bonchev–Trinajstić information content (AvgIpc) is 2.73. The molecule has 0 aliphatic carbocycles. The first-order valence-electron chi connectivity index (χ1n) is 10.8. The summed E-state index contributed by atoms with van der Waals surface area (Å²) < 4.78 is 35.0. The molecule has 0 fully saturated rings. The first-order chi connectivity index (χ1) is 15.1. The van der Waals surface area contributed by atoms with Crippen molar-refractivity contribution in [3.63, 3.8) is 0 Å². The fourth-order valence-electron chi connectivity index (χ4n) is 2.92.